The SMILES string of the molecule is O=C(COc1cncc(C(=O)O)c1)NCc1ccccc1. The Morgan fingerprint density at radius 3 is 2.67 bits per heavy atom. The summed E-state index contributed by atoms with van der Waals surface area (Å²) in [5.74, 6) is -1.15. The van der Waals surface area contributed by atoms with Gasteiger partial charge in [0, 0.05) is 12.7 Å². The van der Waals surface area contributed by atoms with E-state index in [9.17, 15) is 9.59 Å². The number of carboxylic acids is 1. The van der Waals surface area contributed by atoms with Crippen LogP contribution in [0.15, 0.2) is 48.8 Å². The normalized spacial score (nSPS) is 9.90. The first-order valence-electron chi connectivity index (χ1n) is 6.27. The van der Waals surface area contributed by atoms with E-state index < -0.39 is 5.97 Å². The highest BCUT2D eigenvalue weighted by Crippen LogP contribution is 2.10. The molecule has 0 spiro atoms. The van der Waals surface area contributed by atoms with Gasteiger partial charge in [-0.25, -0.2) is 4.79 Å². The lowest BCUT2D eigenvalue weighted by Gasteiger charge is -2.07. The van der Waals surface area contributed by atoms with Gasteiger partial charge in [-0.2, -0.15) is 0 Å². The highest BCUT2D eigenvalue weighted by molar-refractivity contribution is 5.87. The molecule has 2 N–H and O–H groups in total. The third-order valence-electron chi connectivity index (χ3n) is 2.66. The van der Waals surface area contributed by atoms with E-state index >= 15 is 0 Å². The van der Waals surface area contributed by atoms with Crippen LogP contribution in [0.25, 0.3) is 0 Å². The monoisotopic (exact) mass is 286 g/mol. The van der Waals surface area contributed by atoms with Gasteiger partial charge in [0.2, 0.25) is 0 Å². The van der Waals surface area contributed by atoms with E-state index in [0.29, 0.717) is 6.54 Å². The van der Waals surface area contributed by atoms with Gasteiger partial charge in [0.25, 0.3) is 5.91 Å². The first kappa shape index (κ1) is 14.5. The maximum absolute atomic E-state index is 11.6. The molecule has 2 rings (SSSR count). The van der Waals surface area contributed by atoms with Crippen LogP contribution in [-0.2, 0) is 11.3 Å². The number of hydrogen-bond acceptors (Lipinski definition) is 4. The lowest BCUT2D eigenvalue weighted by molar-refractivity contribution is -0.123. The second-order valence-corrected chi connectivity index (χ2v) is 4.27. The highest BCUT2D eigenvalue weighted by atomic mass is 16.5. The number of nitrogens with zero attached hydrogens (tertiary/aromatic N) is 1. The lowest BCUT2D eigenvalue weighted by atomic mass is 10.2. The Balaban J connectivity index is 1.81. The molecule has 0 radical (unpaired) electrons. The predicted octanol–water partition coefficient (Wildman–Crippen LogP) is 1.47. The van der Waals surface area contributed by atoms with E-state index in [1.807, 2.05) is 30.3 Å². The van der Waals surface area contributed by atoms with E-state index in [0.717, 1.165) is 5.56 Å². The van der Waals surface area contributed by atoms with E-state index in [-0.39, 0.29) is 23.8 Å². The molecule has 0 aliphatic rings. The van der Waals surface area contributed by atoms with Crippen molar-refractivity contribution in [3.05, 3.63) is 59.9 Å². The van der Waals surface area contributed by atoms with Crippen molar-refractivity contribution in [1.82, 2.24) is 10.3 Å². The summed E-state index contributed by atoms with van der Waals surface area (Å²) >= 11 is 0. The number of carbonyl (C=O) groups excluding carboxylic acids is 1. The number of hydrogen-bond donors (Lipinski definition) is 2. The summed E-state index contributed by atoms with van der Waals surface area (Å²) in [5, 5.41) is 11.5. The van der Waals surface area contributed by atoms with Gasteiger partial charge in [0.05, 0.1) is 11.8 Å². The number of benzene rings is 1. The van der Waals surface area contributed by atoms with Gasteiger partial charge in [-0.15, -0.1) is 0 Å². The summed E-state index contributed by atoms with van der Waals surface area (Å²) in [5.41, 5.74) is 0.998. The second kappa shape index (κ2) is 7.04. The van der Waals surface area contributed by atoms with Crippen LogP contribution in [0.3, 0.4) is 0 Å². The molecule has 0 saturated carbocycles. The molecule has 1 aromatic carbocycles. The summed E-state index contributed by atoms with van der Waals surface area (Å²) in [6.45, 7) is 0.216. The number of carboxylic acid groups (broad SMARTS) is 1. The Bertz CT molecular complexity index is 629. The van der Waals surface area contributed by atoms with Crippen LogP contribution >= 0.6 is 0 Å². The van der Waals surface area contributed by atoms with Crippen LogP contribution in [0.2, 0.25) is 0 Å². The Labute approximate surface area is 121 Å². The Kier molecular flexibility index (Phi) is 4.87. The summed E-state index contributed by atoms with van der Waals surface area (Å²) in [6, 6.07) is 10.8. The lowest BCUT2D eigenvalue weighted by Crippen LogP contribution is -2.28. The number of nitrogens with one attached hydrogen (secondary N) is 1. The summed E-state index contributed by atoms with van der Waals surface area (Å²) < 4.78 is 5.21. The number of rotatable bonds is 6. The van der Waals surface area contributed by atoms with Gasteiger partial charge in [0.1, 0.15) is 5.75 Å². The summed E-state index contributed by atoms with van der Waals surface area (Å²) in [4.78, 5) is 26.2. The van der Waals surface area contributed by atoms with E-state index in [2.05, 4.69) is 10.3 Å². The van der Waals surface area contributed by atoms with Gasteiger partial charge >= 0.3 is 5.97 Å². The van der Waals surface area contributed by atoms with Gasteiger partial charge in [-0.1, -0.05) is 30.3 Å². The summed E-state index contributed by atoms with van der Waals surface area (Å²) in [6.07, 6.45) is 2.57. The molecule has 1 amide bonds. The molecule has 108 valence electrons. The second-order valence-electron chi connectivity index (χ2n) is 4.27. The van der Waals surface area contributed by atoms with Crippen molar-refractivity contribution in [2.75, 3.05) is 6.61 Å². The van der Waals surface area contributed by atoms with Crippen molar-refractivity contribution in [3.8, 4) is 5.75 Å². The molecule has 0 aliphatic carbocycles. The van der Waals surface area contributed by atoms with Gasteiger partial charge in [-0.3, -0.25) is 9.78 Å². The van der Waals surface area contributed by atoms with E-state index in [4.69, 9.17) is 9.84 Å². The first-order chi connectivity index (χ1) is 10.1. The molecule has 0 unspecified atom stereocenters. The Morgan fingerprint density at radius 2 is 1.95 bits per heavy atom. The number of aromatic carboxylic acids is 1. The number of ether oxygens (including phenoxy) is 1. The molecule has 0 saturated heterocycles. The van der Waals surface area contributed by atoms with E-state index in [1.54, 1.807) is 0 Å². The van der Waals surface area contributed by atoms with Crippen molar-refractivity contribution >= 4 is 11.9 Å². The quantitative estimate of drug-likeness (QED) is 0.839. The minimum atomic E-state index is -1.10. The van der Waals surface area contributed by atoms with Crippen molar-refractivity contribution in [2.24, 2.45) is 0 Å². The maximum Gasteiger partial charge on any atom is 0.337 e. The van der Waals surface area contributed by atoms with Crippen molar-refractivity contribution in [3.63, 3.8) is 0 Å². The number of pyridine rings is 1. The zero-order chi connectivity index (χ0) is 15.1. The third-order valence-corrected chi connectivity index (χ3v) is 2.66. The summed E-state index contributed by atoms with van der Waals surface area (Å²) in [7, 11) is 0. The molecule has 6 heteroatoms. The third kappa shape index (κ3) is 4.61. The molecular formula is C15H14N2O4. The molecule has 0 aliphatic heterocycles. The largest absolute Gasteiger partial charge is 0.482 e. The molecule has 6 nitrogen and oxygen atoms in total. The topological polar surface area (TPSA) is 88.5 Å². The van der Waals surface area contributed by atoms with Crippen molar-refractivity contribution < 1.29 is 19.4 Å². The van der Waals surface area contributed by atoms with Crippen LogP contribution in [0, 0.1) is 0 Å². The van der Waals surface area contributed by atoms with E-state index in [1.165, 1.54) is 18.5 Å². The van der Waals surface area contributed by atoms with Crippen LogP contribution in [0.5, 0.6) is 5.75 Å². The molecule has 2 aromatic rings. The zero-order valence-corrected chi connectivity index (χ0v) is 11.2. The first-order valence-corrected chi connectivity index (χ1v) is 6.27. The fourth-order valence-corrected chi connectivity index (χ4v) is 1.61. The van der Waals surface area contributed by atoms with Crippen molar-refractivity contribution in [2.45, 2.75) is 6.54 Å². The van der Waals surface area contributed by atoms with Gasteiger partial charge in [-0.05, 0) is 11.6 Å². The fourth-order valence-electron chi connectivity index (χ4n) is 1.61. The molecule has 1 aromatic heterocycles. The van der Waals surface area contributed by atoms with Crippen LogP contribution in [-0.4, -0.2) is 28.6 Å². The predicted molar refractivity (Wildman–Crippen MR) is 75.0 cm³/mol. The standard InChI is InChI=1S/C15H14N2O4/c18-14(17-7-11-4-2-1-3-5-11)10-21-13-6-12(15(19)20)8-16-9-13/h1-6,8-9H,7,10H2,(H,17,18)(H,19,20). The number of amides is 1. The van der Waals surface area contributed by atoms with Gasteiger partial charge in [0.15, 0.2) is 6.61 Å². The van der Waals surface area contributed by atoms with Crippen molar-refractivity contribution in [1.29, 1.82) is 0 Å². The molecule has 1 heterocycles. The average Bonchev–Trinajstić information content (AvgIpc) is 2.52. The fraction of sp³-hybridized carbons (Fsp3) is 0.133. The number of aromatic nitrogens is 1. The minimum absolute atomic E-state index is 0.0113. The smallest absolute Gasteiger partial charge is 0.337 e. The minimum Gasteiger partial charge on any atom is -0.482 e. The van der Waals surface area contributed by atoms with Crippen LogP contribution in [0.1, 0.15) is 15.9 Å². The maximum atomic E-state index is 11.6. The molecule has 21 heavy (non-hydrogen) atoms. The molecule has 0 fully saturated rings. The average molecular weight is 286 g/mol. The molecule has 0 bridgehead atoms. The Hall–Kier alpha value is -2.89. The molecule has 0 atom stereocenters. The number of carbonyl (C=O) groups is 2. The highest BCUT2D eigenvalue weighted by Gasteiger charge is 2.07. The van der Waals surface area contributed by atoms with Crippen LogP contribution in [0.4, 0.5) is 0 Å². The van der Waals surface area contributed by atoms with Crippen LogP contribution < -0.4 is 10.1 Å². The zero-order valence-electron chi connectivity index (χ0n) is 11.2. The Morgan fingerprint density at radius 1 is 1.19 bits per heavy atom. The van der Waals surface area contributed by atoms with Gasteiger partial charge < -0.3 is 15.2 Å². The molecular weight excluding hydrogens is 272 g/mol.